The smallest absolute Gasteiger partial charge is 0.222 e. The Morgan fingerprint density at radius 1 is 1.33 bits per heavy atom. The number of nitrogens with one attached hydrogen (secondary N) is 2. The molecule has 1 aliphatic heterocycles. The summed E-state index contributed by atoms with van der Waals surface area (Å²) in [7, 11) is 1.85. The van der Waals surface area contributed by atoms with E-state index in [9.17, 15) is 4.79 Å². The van der Waals surface area contributed by atoms with Crippen LogP contribution >= 0.6 is 0 Å². The van der Waals surface area contributed by atoms with Gasteiger partial charge in [-0.2, -0.15) is 0 Å². The van der Waals surface area contributed by atoms with Gasteiger partial charge in [0.1, 0.15) is 17.5 Å². The lowest BCUT2D eigenvalue weighted by Gasteiger charge is -2.30. The Balaban J connectivity index is 2.06. The number of carbonyl (C=O) groups excluding carboxylic acids is 1. The number of likely N-dealkylation sites (tertiary alicyclic amines) is 1. The first-order valence-electron chi connectivity index (χ1n) is 7.74. The Morgan fingerprint density at radius 2 is 2.10 bits per heavy atom. The first-order valence-corrected chi connectivity index (χ1v) is 7.74. The van der Waals surface area contributed by atoms with Gasteiger partial charge in [0, 0.05) is 45.1 Å². The maximum absolute atomic E-state index is 11.5. The molecule has 6 nitrogen and oxygen atoms in total. The van der Waals surface area contributed by atoms with E-state index in [-0.39, 0.29) is 11.9 Å². The highest BCUT2D eigenvalue weighted by molar-refractivity contribution is 5.77. The van der Waals surface area contributed by atoms with Gasteiger partial charge in [0.15, 0.2) is 0 Å². The van der Waals surface area contributed by atoms with E-state index >= 15 is 0 Å². The predicted molar refractivity (Wildman–Crippen MR) is 84.5 cm³/mol. The summed E-state index contributed by atoms with van der Waals surface area (Å²) in [6.07, 6.45) is 3.32. The molecule has 1 atom stereocenters. The fourth-order valence-corrected chi connectivity index (χ4v) is 2.41. The molecule has 21 heavy (non-hydrogen) atoms. The summed E-state index contributed by atoms with van der Waals surface area (Å²) in [6.45, 7) is 5.81. The number of amides is 1. The summed E-state index contributed by atoms with van der Waals surface area (Å²) >= 11 is 0. The second-order valence-electron chi connectivity index (χ2n) is 5.49. The molecule has 2 heterocycles. The second kappa shape index (κ2) is 7.24. The standard InChI is InChI=1S/C15H25N5O/c1-4-8-16-13-9-14(19-12(5-2)18-13)17-11-6-7-15(21)20(3)10-11/h9,11H,4-8,10H2,1-3H3,(H2,16,17,18,19). The fourth-order valence-electron chi connectivity index (χ4n) is 2.41. The number of aryl methyl sites for hydroxylation is 1. The van der Waals surface area contributed by atoms with Crippen LogP contribution in [0, 0.1) is 0 Å². The molecule has 2 rings (SSSR count). The van der Waals surface area contributed by atoms with Gasteiger partial charge in [-0.3, -0.25) is 4.79 Å². The lowest BCUT2D eigenvalue weighted by molar-refractivity contribution is -0.132. The summed E-state index contributed by atoms with van der Waals surface area (Å²) < 4.78 is 0. The van der Waals surface area contributed by atoms with Crippen LogP contribution in [0.25, 0.3) is 0 Å². The molecule has 2 N–H and O–H groups in total. The number of hydrogen-bond acceptors (Lipinski definition) is 5. The van der Waals surface area contributed by atoms with Crippen molar-refractivity contribution in [2.24, 2.45) is 0 Å². The van der Waals surface area contributed by atoms with E-state index in [4.69, 9.17) is 0 Å². The van der Waals surface area contributed by atoms with Crippen molar-refractivity contribution in [2.45, 2.75) is 45.6 Å². The van der Waals surface area contributed by atoms with Crippen molar-refractivity contribution in [1.82, 2.24) is 14.9 Å². The third kappa shape index (κ3) is 4.31. The van der Waals surface area contributed by atoms with Gasteiger partial charge in [-0.25, -0.2) is 9.97 Å². The molecule has 1 aromatic heterocycles. The fraction of sp³-hybridized carbons (Fsp3) is 0.667. The highest BCUT2D eigenvalue weighted by Gasteiger charge is 2.23. The lowest BCUT2D eigenvalue weighted by atomic mass is 10.1. The minimum Gasteiger partial charge on any atom is -0.370 e. The van der Waals surface area contributed by atoms with Crippen molar-refractivity contribution in [2.75, 3.05) is 30.8 Å². The third-order valence-corrected chi connectivity index (χ3v) is 3.62. The zero-order chi connectivity index (χ0) is 15.2. The van der Waals surface area contributed by atoms with Gasteiger partial charge in [0.05, 0.1) is 0 Å². The van der Waals surface area contributed by atoms with E-state index in [0.717, 1.165) is 49.8 Å². The Morgan fingerprint density at radius 3 is 2.76 bits per heavy atom. The van der Waals surface area contributed by atoms with Gasteiger partial charge in [-0.1, -0.05) is 13.8 Å². The highest BCUT2D eigenvalue weighted by atomic mass is 16.2. The molecule has 1 aromatic rings. The van der Waals surface area contributed by atoms with Crippen molar-refractivity contribution >= 4 is 17.5 Å². The number of carbonyl (C=O) groups is 1. The van der Waals surface area contributed by atoms with Crippen LogP contribution in [0.2, 0.25) is 0 Å². The maximum atomic E-state index is 11.5. The van der Waals surface area contributed by atoms with E-state index in [0.29, 0.717) is 6.42 Å². The monoisotopic (exact) mass is 291 g/mol. The van der Waals surface area contributed by atoms with Crippen molar-refractivity contribution in [1.29, 1.82) is 0 Å². The first-order chi connectivity index (χ1) is 10.1. The summed E-state index contributed by atoms with van der Waals surface area (Å²) in [5.41, 5.74) is 0. The number of anilines is 2. The molecular formula is C15H25N5O. The first kappa shape index (κ1) is 15.5. The number of rotatable bonds is 6. The Kier molecular flexibility index (Phi) is 5.36. The number of aromatic nitrogens is 2. The molecule has 6 heteroatoms. The third-order valence-electron chi connectivity index (χ3n) is 3.62. The van der Waals surface area contributed by atoms with Crippen LogP contribution in [0.1, 0.15) is 38.9 Å². The molecule has 1 fully saturated rings. The van der Waals surface area contributed by atoms with Crippen LogP contribution in [-0.4, -0.2) is 47.0 Å². The van der Waals surface area contributed by atoms with Gasteiger partial charge in [-0.15, -0.1) is 0 Å². The van der Waals surface area contributed by atoms with Crippen LogP contribution in [0.15, 0.2) is 6.07 Å². The summed E-state index contributed by atoms with van der Waals surface area (Å²) in [4.78, 5) is 22.3. The molecule has 1 aliphatic rings. The summed E-state index contributed by atoms with van der Waals surface area (Å²) in [5, 5.41) is 6.75. The molecule has 0 aliphatic carbocycles. The molecule has 1 saturated heterocycles. The van der Waals surface area contributed by atoms with Gasteiger partial charge in [0.25, 0.3) is 0 Å². The molecule has 0 bridgehead atoms. The van der Waals surface area contributed by atoms with E-state index < -0.39 is 0 Å². The molecule has 1 unspecified atom stereocenters. The van der Waals surface area contributed by atoms with Crippen LogP contribution in [0.3, 0.4) is 0 Å². The average Bonchev–Trinajstić information content (AvgIpc) is 2.48. The van der Waals surface area contributed by atoms with E-state index in [1.165, 1.54) is 0 Å². The van der Waals surface area contributed by atoms with Crippen LogP contribution in [0.5, 0.6) is 0 Å². The van der Waals surface area contributed by atoms with Gasteiger partial charge < -0.3 is 15.5 Å². The second-order valence-corrected chi connectivity index (χ2v) is 5.49. The van der Waals surface area contributed by atoms with Crippen LogP contribution < -0.4 is 10.6 Å². The zero-order valence-electron chi connectivity index (χ0n) is 13.1. The Labute approximate surface area is 126 Å². The minimum absolute atomic E-state index is 0.218. The number of likely N-dealkylation sites (N-methyl/N-ethyl adjacent to an activating group) is 1. The van der Waals surface area contributed by atoms with Gasteiger partial charge in [-0.05, 0) is 12.8 Å². The molecular weight excluding hydrogens is 266 g/mol. The molecule has 0 radical (unpaired) electrons. The predicted octanol–water partition coefficient (Wildman–Crippen LogP) is 1.89. The van der Waals surface area contributed by atoms with E-state index in [1.807, 2.05) is 13.1 Å². The lowest BCUT2D eigenvalue weighted by Crippen LogP contribution is -2.43. The van der Waals surface area contributed by atoms with Crippen LogP contribution in [0.4, 0.5) is 11.6 Å². The Hall–Kier alpha value is -1.85. The van der Waals surface area contributed by atoms with Crippen molar-refractivity contribution in [3.05, 3.63) is 11.9 Å². The zero-order valence-corrected chi connectivity index (χ0v) is 13.1. The number of nitrogens with zero attached hydrogens (tertiary/aromatic N) is 3. The number of hydrogen-bond donors (Lipinski definition) is 2. The maximum Gasteiger partial charge on any atom is 0.222 e. The Bertz CT molecular complexity index is 491. The average molecular weight is 291 g/mol. The molecule has 0 saturated carbocycles. The van der Waals surface area contributed by atoms with Crippen molar-refractivity contribution in [3.8, 4) is 0 Å². The van der Waals surface area contributed by atoms with Gasteiger partial charge in [0.2, 0.25) is 5.91 Å². The van der Waals surface area contributed by atoms with Crippen molar-refractivity contribution < 1.29 is 4.79 Å². The quantitative estimate of drug-likeness (QED) is 0.837. The molecule has 116 valence electrons. The molecule has 0 aromatic carbocycles. The number of piperidine rings is 1. The van der Waals surface area contributed by atoms with E-state index in [2.05, 4.69) is 34.4 Å². The SMILES string of the molecule is CCCNc1cc(NC2CCC(=O)N(C)C2)nc(CC)n1. The molecule has 1 amide bonds. The summed E-state index contributed by atoms with van der Waals surface area (Å²) in [6, 6.07) is 2.21. The largest absolute Gasteiger partial charge is 0.370 e. The van der Waals surface area contributed by atoms with Crippen LogP contribution in [-0.2, 0) is 11.2 Å². The topological polar surface area (TPSA) is 70.2 Å². The van der Waals surface area contributed by atoms with Gasteiger partial charge >= 0.3 is 0 Å². The van der Waals surface area contributed by atoms with Crippen molar-refractivity contribution in [3.63, 3.8) is 0 Å². The summed E-state index contributed by atoms with van der Waals surface area (Å²) in [5.74, 6) is 2.76. The van der Waals surface area contributed by atoms with E-state index in [1.54, 1.807) is 4.90 Å². The normalized spacial score (nSPS) is 18.7. The highest BCUT2D eigenvalue weighted by Crippen LogP contribution is 2.17. The molecule has 0 spiro atoms. The minimum atomic E-state index is 0.218.